The number of nitrogens with zero attached hydrogens (tertiary/aromatic N) is 3. The standard InChI is InChI=1S/C41H53N3O3/c1-40(2,3)33-27-32(28-34(29-33)41(4,5)6)31-19-16-30(17-20-31)18-21-35(43-24-11-8-14-38(43)46)36(44-25-12-9-15-39(44)47)22-26-42-23-10-7-13-37(42)45/h16-22,26-29H,7-15,23-25H2,1-6H3/b21-18+,26-22+,36-35-. The lowest BCUT2D eigenvalue weighted by molar-refractivity contribution is -0.133. The Morgan fingerprint density at radius 2 is 1.06 bits per heavy atom. The summed E-state index contributed by atoms with van der Waals surface area (Å²) in [4.78, 5) is 44.7. The van der Waals surface area contributed by atoms with Crippen molar-refractivity contribution < 1.29 is 14.4 Å². The molecule has 2 aromatic rings. The third kappa shape index (κ3) is 8.51. The van der Waals surface area contributed by atoms with Gasteiger partial charge in [-0.25, -0.2) is 0 Å². The molecular formula is C41H53N3O3. The summed E-state index contributed by atoms with van der Waals surface area (Å²) in [7, 11) is 0. The smallest absolute Gasteiger partial charge is 0.227 e. The first-order valence-electron chi connectivity index (χ1n) is 17.6. The summed E-state index contributed by atoms with van der Waals surface area (Å²) in [6.45, 7) is 15.4. The van der Waals surface area contributed by atoms with Gasteiger partial charge in [0.05, 0.1) is 11.4 Å². The molecule has 0 aliphatic carbocycles. The fraction of sp³-hybridized carbons (Fsp3) is 0.488. The van der Waals surface area contributed by atoms with Crippen molar-refractivity contribution >= 4 is 23.8 Å². The molecule has 3 saturated heterocycles. The first kappa shape index (κ1) is 34.4. The Morgan fingerprint density at radius 3 is 1.55 bits per heavy atom. The number of allylic oxidation sites excluding steroid dienone is 2. The van der Waals surface area contributed by atoms with Crippen LogP contribution in [-0.4, -0.2) is 52.1 Å². The summed E-state index contributed by atoms with van der Waals surface area (Å²) >= 11 is 0. The van der Waals surface area contributed by atoms with E-state index in [0.717, 1.165) is 55.3 Å². The third-order valence-corrected chi connectivity index (χ3v) is 9.61. The SMILES string of the molecule is CC(C)(C)c1cc(-c2ccc(/C=C/C(=C(\C=C\N3CCCCC3=O)N3CCCCC3=O)N3CCCCC3=O)cc2)cc(C(C)(C)C)c1. The fourth-order valence-corrected chi connectivity index (χ4v) is 6.52. The Kier molecular flexibility index (Phi) is 10.6. The second kappa shape index (κ2) is 14.5. The van der Waals surface area contributed by atoms with E-state index < -0.39 is 0 Å². The Hall–Kier alpha value is -3.93. The number of likely N-dealkylation sites (tertiary alicyclic amines) is 3. The average molecular weight is 636 g/mol. The van der Waals surface area contributed by atoms with Gasteiger partial charge in [-0.15, -0.1) is 0 Å². The van der Waals surface area contributed by atoms with Gasteiger partial charge in [0.25, 0.3) is 0 Å². The van der Waals surface area contributed by atoms with Crippen LogP contribution in [0.1, 0.15) is 116 Å². The van der Waals surface area contributed by atoms with Crippen LogP contribution in [0.2, 0.25) is 0 Å². The molecule has 6 heteroatoms. The maximum atomic E-state index is 13.3. The Bertz CT molecular complexity index is 1530. The first-order chi connectivity index (χ1) is 22.3. The molecule has 3 amide bonds. The Labute approximate surface area is 282 Å². The summed E-state index contributed by atoms with van der Waals surface area (Å²) in [6, 6.07) is 15.5. The lowest BCUT2D eigenvalue weighted by atomic mass is 9.79. The summed E-state index contributed by atoms with van der Waals surface area (Å²) in [5.74, 6) is 0.238. The molecule has 3 heterocycles. The van der Waals surface area contributed by atoms with Crippen LogP contribution in [0.4, 0.5) is 0 Å². The van der Waals surface area contributed by atoms with Crippen LogP contribution in [0.5, 0.6) is 0 Å². The average Bonchev–Trinajstić information content (AvgIpc) is 3.03. The molecule has 250 valence electrons. The maximum absolute atomic E-state index is 13.3. The van der Waals surface area contributed by atoms with E-state index in [9.17, 15) is 14.4 Å². The lowest BCUT2D eigenvalue weighted by Crippen LogP contribution is -2.40. The Morgan fingerprint density at radius 1 is 0.574 bits per heavy atom. The third-order valence-electron chi connectivity index (χ3n) is 9.61. The van der Waals surface area contributed by atoms with E-state index in [-0.39, 0.29) is 28.6 Å². The van der Waals surface area contributed by atoms with Crippen molar-refractivity contribution in [2.45, 2.75) is 110 Å². The van der Waals surface area contributed by atoms with E-state index >= 15 is 0 Å². The van der Waals surface area contributed by atoms with Crippen LogP contribution < -0.4 is 0 Å². The molecule has 0 radical (unpaired) electrons. The first-order valence-corrected chi connectivity index (χ1v) is 17.6. The van der Waals surface area contributed by atoms with Crippen LogP contribution in [-0.2, 0) is 25.2 Å². The summed E-state index contributed by atoms with van der Waals surface area (Å²) in [5, 5.41) is 0. The fourth-order valence-electron chi connectivity index (χ4n) is 6.52. The van der Waals surface area contributed by atoms with Gasteiger partial charge in [0.15, 0.2) is 0 Å². The van der Waals surface area contributed by atoms with Gasteiger partial charge in [-0.05, 0) is 89.3 Å². The predicted molar refractivity (Wildman–Crippen MR) is 191 cm³/mol. The van der Waals surface area contributed by atoms with E-state index in [4.69, 9.17) is 0 Å². The minimum atomic E-state index is 0.0382. The molecule has 0 aromatic heterocycles. The topological polar surface area (TPSA) is 60.9 Å². The molecule has 3 aliphatic heterocycles. The van der Waals surface area contributed by atoms with E-state index in [0.29, 0.717) is 44.6 Å². The molecule has 0 bridgehead atoms. The number of carbonyl (C=O) groups excluding carboxylic acids is 3. The largest absolute Gasteiger partial charge is 0.319 e. The number of carbonyl (C=O) groups is 3. The van der Waals surface area contributed by atoms with Crippen LogP contribution in [0.15, 0.2) is 72.2 Å². The van der Waals surface area contributed by atoms with Gasteiger partial charge in [-0.2, -0.15) is 0 Å². The predicted octanol–water partition coefficient (Wildman–Crippen LogP) is 8.72. The molecule has 0 atom stereocenters. The van der Waals surface area contributed by atoms with Crippen molar-refractivity contribution in [2.75, 3.05) is 19.6 Å². The van der Waals surface area contributed by atoms with E-state index in [1.54, 1.807) is 4.90 Å². The summed E-state index contributed by atoms with van der Waals surface area (Å²) < 4.78 is 0. The maximum Gasteiger partial charge on any atom is 0.227 e. The van der Waals surface area contributed by atoms with E-state index in [1.807, 2.05) is 34.2 Å². The number of hydrogen-bond acceptors (Lipinski definition) is 3. The van der Waals surface area contributed by atoms with Crippen molar-refractivity contribution in [1.29, 1.82) is 0 Å². The molecule has 47 heavy (non-hydrogen) atoms. The van der Waals surface area contributed by atoms with E-state index in [1.165, 1.54) is 16.7 Å². The highest BCUT2D eigenvalue weighted by Crippen LogP contribution is 2.34. The molecule has 0 N–H and O–H groups in total. The number of piperidine rings is 3. The van der Waals surface area contributed by atoms with Gasteiger partial charge >= 0.3 is 0 Å². The number of benzene rings is 2. The van der Waals surface area contributed by atoms with Gasteiger partial charge in [0, 0.05) is 45.1 Å². The minimum absolute atomic E-state index is 0.0382. The van der Waals surface area contributed by atoms with Crippen LogP contribution in [0.3, 0.4) is 0 Å². The van der Waals surface area contributed by atoms with Crippen LogP contribution >= 0.6 is 0 Å². The zero-order chi connectivity index (χ0) is 33.8. The molecule has 0 saturated carbocycles. The number of hydrogen-bond donors (Lipinski definition) is 0. The van der Waals surface area contributed by atoms with Crippen LogP contribution in [0.25, 0.3) is 17.2 Å². The van der Waals surface area contributed by atoms with Gasteiger partial charge in [0.2, 0.25) is 17.7 Å². The van der Waals surface area contributed by atoms with Crippen molar-refractivity contribution in [1.82, 2.24) is 14.7 Å². The molecule has 2 aromatic carbocycles. The summed E-state index contributed by atoms with van der Waals surface area (Å²) in [6.07, 6.45) is 14.7. The van der Waals surface area contributed by atoms with Crippen molar-refractivity contribution in [3.05, 3.63) is 88.9 Å². The second-order valence-electron chi connectivity index (χ2n) is 15.4. The molecule has 3 aliphatic rings. The van der Waals surface area contributed by atoms with Crippen molar-refractivity contribution in [3.63, 3.8) is 0 Å². The molecule has 0 spiro atoms. The molecule has 5 rings (SSSR count). The number of rotatable bonds is 7. The van der Waals surface area contributed by atoms with Gasteiger partial charge in [-0.3, -0.25) is 14.4 Å². The van der Waals surface area contributed by atoms with Gasteiger partial charge in [0.1, 0.15) is 0 Å². The highest BCUT2D eigenvalue weighted by molar-refractivity contribution is 5.83. The summed E-state index contributed by atoms with van der Waals surface area (Å²) in [5.41, 5.74) is 7.53. The van der Waals surface area contributed by atoms with Crippen molar-refractivity contribution in [2.24, 2.45) is 0 Å². The minimum Gasteiger partial charge on any atom is -0.319 e. The Balaban J connectivity index is 1.54. The van der Waals surface area contributed by atoms with Gasteiger partial charge < -0.3 is 14.7 Å². The van der Waals surface area contributed by atoms with Crippen molar-refractivity contribution in [3.8, 4) is 11.1 Å². The normalized spacial score (nSPS) is 19.3. The van der Waals surface area contributed by atoms with E-state index in [2.05, 4.69) is 84.0 Å². The molecule has 6 nitrogen and oxygen atoms in total. The number of amides is 3. The quantitative estimate of drug-likeness (QED) is 0.286. The lowest BCUT2D eigenvalue weighted by Gasteiger charge is -2.34. The molecular weight excluding hydrogens is 582 g/mol. The zero-order valence-electron chi connectivity index (χ0n) is 29.4. The highest BCUT2D eigenvalue weighted by Gasteiger charge is 2.29. The zero-order valence-corrected chi connectivity index (χ0v) is 29.4. The van der Waals surface area contributed by atoms with Gasteiger partial charge in [-0.1, -0.05) is 90.1 Å². The monoisotopic (exact) mass is 635 g/mol. The molecule has 3 fully saturated rings. The molecule has 0 unspecified atom stereocenters. The highest BCUT2D eigenvalue weighted by atomic mass is 16.2. The second-order valence-corrected chi connectivity index (χ2v) is 15.4. The van der Waals surface area contributed by atoms with Crippen LogP contribution in [0, 0.1) is 0 Å².